The molecule has 5 aliphatic carbocycles. The Labute approximate surface area is 277 Å². The number of unbranched alkanes of at least 4 members (excludes halogenated alkanes) is 1. The maximum absolute atomic E-state index is 12.7. The van der Waals surface area contributed by atoms with Crippen molar-refractivity contribution in [3.05, 3.63) is 12.2 Å². The van der Waals surface area contributed by atoms with Crippen molar-refractivity contribution in [2.45, 2.75) is 149 Å². The van der Waals surface area contributed by atoms with Gasteiger partial charge in [-0.1, -0.05) is 52.2 Å². The maximum atomic E-state index is 12.7. The Morgan fingerprint density at radius 1 is 0.889 bits per heavy atom. The average molecular weight is 626 g/mol. The van der Waals surface area contributed by atoms with Gasteiger partial charge < -0.3 is 21.1 Å². The van der Waals surface area contributed by atoms with Crippen LogP contribution in [0.15, 0.2) is 12.2 Å². The fourth-order valence-corrected chi connectivity index (χ4v) is 11.7. The molecule has 1 amide bonds. The minimum Gasteiger partial charge on any atom is -0.374 e. The molecule has 0 spiro atoms. The summed E-state index contributed by atoms with van der Waals surface area (Å²) in [5, 5.41) is 6.64. The normalized spacial score (nSPS) is 37.6. The van der Waals surface area contributed by atoms with E-state index >= 15 is 0 Å². The summed E-state index contributed by atoms with van der Waals surface area (Å²) in [7, 11) is 0. The number of allylic oxidation sites excluding steroid dienone is 1. The van der Waals surface area contributed by atoms with Gasteiger partial charge in [-0.15, -0.1) is 0 Å². The monoisotopic (exact) mass is 626 g/mol. The number of ether oxygens (including phenoxy) is 1. The predicted molar refractivity (Wildman–Crippen MR) is 188 cm³/mol. The number of nitrogens with one attached hydrogen (secondary N) is 2. The smallest absolute Gasteiger partial charge is 0.220 e. The first-order chi connectivity index (χ1) is 21.8. The second kappa shape index (κ2) is 17.0. The molecule has 0 bridgehead atoms. The molecule has 5 saturated carbocycles. The van der Waals surface area contributed by atoms with Gasteiger partial charge in [0.05, 0.1) is 12.7 Å². The van der Waals surface area contributed by atoms with Crippen LogP contribution >= 0.6 is 0 Å². The van der Waals surface area contributed by atoms with Gasteiger partial charge in [0.2, 0.25) is 5.91 Å². The number of carbonyl (C=O) groups excluding carboxylic acids is 1. The molecule has 0 aliphatic heterocycles. The molecule has 0 saturated heterocycles. The van der Waals surface area contributed by atoms with Gasteiger partial charge in [0.15, 0.2) is 0 Å². The van der Waals surface area contributed by atoms with E-state index in [9.17, 15) is 4.79 Å². The summed E-state index contributed by atoms with van der Waals surface area (Å²) in [6.07, 6.45) is 29.7. The lowest BCUT2D eigenvalue weighted by Gasteiger charge is -2.61. The summed E-state index contributed by atoms with van der Waals surface area (Å²) in [6.45, 7) is 12.2. The number of carbonyl (C=O) groups is 1. The molecule has 9 atom stereocenters. The molecule has 5 heteroatoms. The van der Waals surface area contributed by atoms with Crippen LogP contribution in [0.1, 0.15) is 143 Å². The van der Waals surface area contributed by atoms with Crippen molar-refractivity contribution in [1.29, 1.82) is 0 Å². The van der Waals surface area contributed by atoms with E-state index in [4.69, 9.17) is 10.5 Å². The number of hydrogen-bond donors (Lipinski definition) is 3. The Kier molecular flexibility index (Phi) is 13.3. The zero-order chi connectivity index (χ0) is 31.7. The van der Waals surface area contributed by atoms with E-state index < -0.39 is 0 Å². The number of hydrogen-bond acceptors (Lipinski definition) is 4. The van der Waals surface area contributed by atoms with Crippen LogP contribution < -0.4 is 16.4 Å². The van der Waals surface area contributed by atoms with Gasteiger partial charge in [-0.3, -0.25) is 4.79 Å². The van der Waals surface area contributed by atoms with Crippen LogP contribution in [0.4, 0.5) is 0 Å². The molecular weight excluding hydrogens is 554 g/mol. The second-order valence-corrected chi connectivity index (χ2v) is 16.9. The molecule has 0 aromatic rings. The Morgan fingerprint density at radius 3 is 2.49 bits per heavy atom. The summed E-state index contributed by atoms with van der Waals surface area (Å²) in [4.78, 5) is 12.7. The van der Waals surface area contributed by atoms with Gasteiger partial charge in [0.25, 0.3) is 0 Å². The molecule has 0 heterocycles. The summed E-state index contributed by atoms with van der Waals surface area (Å²) >= 11 is 0. The van der Waals surface area contributed by atoms with Gasteiger partial charge in [0, 0.05) is 13.0 Å². The highest BCUT2D eigenvalue weighted by molar-refractivity contribution is 5.75. The van der Waals surface area contributed by atoms with E-state index in [1.165, 1.54) is 89.9 Å². The van der Waals surface area contributed by atoms with Gasteiger partial charge in [0.1, 0.15) is 0 Å². The van der Waals surface area contributed by atoms with Crippen molar-refractivity contribution < 1.29 is 9.53 Å². The summed E-state index contributed by atoms with van der Waals surface area (Å²) < 4.78 is 6.50. The van der Waals surface area contributed by atoms with E-state index in [0.717, 1.165) is 94.0 Å². The molecule has 5 fully saturated rings. The van der Waals surface area contributed by atoms with Crippen LogP contribution in [0.5, 0.6) is 0 Å². The van der Waals surface area contributed by atoms with Crippen LogP contribution in [0.2, 0.25) is 0 Å². The third kappa shape index (κ3) is 8.77. The molecule has 45 heavy (non-hydrogen) atoms. The van der Waals surface area contributed by atoms with E-state index in [0.29, 0.717) is 29.3 Å². The molecule has 5 rings (SSSR count). The van der Waals surface area contributed by atoms with E-state index in [1.54, 1.807) is 0 Å². The summed E-state index contributed by atoms with van der Waals surface area (Å²) in [5.41, 5.74) is 6.55. The fraction of sp³-hybridized carbons (Fsp3) is 0.925. The van der Waals surface area contributed by atoms with Crippen LogP contribution in [0.3, 0.4) is 0 Å². The Bertz CT molecular complexity index is 933. The van der Waals surface area contributed by atoms with Crippen molar-refractivity contribution in [3.63, 3.8) is 0 Å². The number of fused-ring (bicyclic) bond motifs is 5. The SMILES string of the molecule is C[C@H](CCC(=O)NCCCNCCCCN)[C@H]1CC[C@H]2[C@@H]3CC[C@@H]4C[C@H](OC/C=C/C5CCCCC5)CC[C@]4(C)[C@H]3CC[C@]12C. The molecule has 4 N–H and O–H groups in total. The molecule has 0 radical (unpaired) electrons. The third-order valence-corrected chi connectivity index (χ3v) is 14.4. The van der Waals surface area contributed by atoms with E-state index in [-0.39, 0.29) is 5.91 Å². The number of nitrogens with two attached hydrogens (primary N) is 1. The summed E-state index contributed by atoms with van der Waals surface area (Å²) in [6, 6.07) is 0. The largest absolute Gasteiger partial charge is 0.374 e. The quantitative estimate of drug-likeness (QED) is 0.119. The minimum atomic E-state index is 0.250. The van der Waals surface area contributed by atoms with Crippen molar-refractivity contribution in [2.24, 2.45) is 58.0 Å². The van der Waals surface area contributed by atoms with Gasteiger partial charge in [-0.2, -0.15) is 0 Å². The van der Waals surface area contributed by atoms with E-state index in [1.807, 2.05) is 0 Å². The summed E-state index contributed by atoms with van der Waals surface area (Å²) in [5.74, 6) is 6.06. The Hall–Kier alpha value is -0.910. The molecule has 0 unspecified atom stereocenters. The van der Waals surface area contributed by atoms with Gasteiger partial charge in [-0.25, -0.2) is 0 Å². The first kappa shape index (κ1) is 35.4. The second-order valence-electron chi connectivity index (χ2n) is 16.9. The lowest BCUT2D eigenvalue weighted by molar-refractivity contribution is -0.135. The molecule has 0 aromatic carbocycles. The van der Waals surface area contributed by atoms with Crippen molar-refractivity contribution in [1.82, 2.24) is 10.6 Å². The standard InChI is InChI=1S/C40H71N3O2/c1-30(14-19-38(44)43-27-10-26-42-25-8-7-24-41)35-17-18-36-34-16-15-32-29-33(45-28-9-13-31-11-5-4-6-12-31)20-22-39(32,2)37(34)21-23-40(35,36)3/h9,13,30-37,42H,4-8,10-12,14-29,41H2,1-3H3,(H,43,44)/b13-9+/t30-,32-,33-,34+,35-,36+,37+,39+,40-/m1/s1. The molecule has 0 aromatic heterocycles. The zero-order valence-corrected chi connectivity index (χ0v) is 29.6. The lowest BCUT2D eigenvalue weighted by Crippen LogP contribution is -2.54. The molecule has 5 aliphatic rings. The third-order valence-electron chi connectivity index (χ3n) is 14.4. The Morgan fingerprint density at radius 2 is 1.67 bits per heavy atom. The van der Waals surface area contributed by atoms with Crippen LogP contribution in [-0.4, -0.2) is 44.8 Å². The van der Waals surface area contributed by atoms with Crippen molar-refractivity contribution >= 4 is 5.91 Å². The maximum Gasteiger partial charge on any atom is 0.220 e. The zero-order valence-electron chi connectivity index (χ0n) is 29.6. The highest BCUT2D eigenvalue weighted by Gasteiger charge is 2.60. The highest BCUT2D eigenvalue weighted by Crippen LogP contribution is 2.68. The van der Waals surface area contributed by atoms with Crippen molar-refractivity contribution in [2.75, 3.05) is 32.8 Å². The minimum absolute atomic E-state index is 0.250. The first-order valence-electron chi connectivity index (χ1n) is 19.8. The van der Waals surface area contributed by atoms with Crippen LogP contribution in [0.25, 0.3) is 0 Å². The van der Waals surface area contributed by atoms with Crippen molar-refractivity contribution in [3.8, 4) is 0 Å². The first-order valence-corrected chi connectivity index (χ1v) is 19.8. The average Bonchev–Trinajstić information content (AvgIpc) is 3.41. The van der Waals surface area contributed by atoms with Crippen LogP contribution in [-0.2, 0) is 9.53 Å². The van der Waals surface area contributed by atoms with Crippen LogP contribution in [0, 0.1) is 52.3 Å². The molecule has 5 nitrogen and oxygen atoms in total. The lowest BCUT2D eigenvalue weighted by atomic mass is 9.44. The number of amides is 1. The van der Waals surface area contributed by atoms with Gasteiger partial charge >= 0.3 is 0 Å². The number of rotatable bonds is 16. The van der Waals surface area contributed by atoms with Gasteiger partial charge in [-0.05, 0) is 168 Å². The molecular formula is C40H71N3O2. The fourth-order valence-electron chi connectivity index (χ4n) is 11.7. The topological polar surface area (TPSA) is 76.4 Å². The molecule has 258 valence electrons. The highest BCUT2D eigenvalue weighted by atomic mass is 16.5. The van der Waals surface area contributed by atoms with E-state index in [2.05, 4.69) is 43.6 Å². The Balaban J connectivity index is 1.04. The predicted octanol–water partition coefficient (Wildman–Crippen LogP) is 8.42.